The second kappa shape index (κ2) is 8.53. The third-order valence-corrected chi connectivity index (χ3v) is 5.74. The van der Waals surface area contributed by atoms with E-state index in [9.17, 15) is 19.2 Å². The number of hydrogen-bond acceptors (Lipinski definition) is 5. The van der Waals surface area contributed by atoms with Crippen molar-refractivity contribution in [2.45, 2.75) is 58.3 Å². The van der Waals surface area contributed by atoms with Gasteiger partial charge in [-0.3, -0.25) is 19.3 Å². The number of nitrogens with zero attached hydrogens (tertiary/aromatic N) is 3. The summed E-state index contributed by atoms with van der Waals surface area (Å²) in [6, 6.07) is 6.57. The maximum Gasteiger partial charge on any atom is 0.354 e. The predicted molar refractivity (Wildman–Crippen MR) is 115 cm³/mol. The minimum absolute atomic E-state index is 0.0596. The van der Waals surface area contributed by atoms with Crippen molar-refractivity contribution < 1.29 is 23.9 Å². The number of esters is 1. The number of carbonyl (C=O) groups excluding carboxylic acids is 4. The van der Waals surface area contributed by atoms with Crippen molar-refractivity contribution in [1.82, 2.24) is 9.80 Å². The third kappa shape index (κ3) is 3.60. The first kappa shape index (κ1) is 22.5. The smallest absolute Gasteiger partial charge is 0.354 e. The van der Waals surface area contributed by atoms with E-state index < -0.39 is 18.2 Å². The molecule has 1 aromatic rings. The maximum absolute atomic E-state index is 13.4. The van der Waals surface area contributed by atoms with E-state index in [1.165, 1.54) is 15.9 Å². The number of rotatable bonds is 7. The molecule has 1 saturated heterocycles. The Morgan fingerprint density at radius 2 is 1.84 bits per heavy atom. The lowest BCUT2D eigenvalue weighted by atomic mass is 9.96. The van der Waals surface area contributed by atoms with E-state index in [2.05, 4.69) is 6.58 Å². The number of hydrogen-bond donors (Lipinski definition) is 0. The van der Waals surface area contributed by atoms with Crippen LogP contribution < -0.4 is 4.90 Å². The van der Waals surface area contributed by atoms with Crippen LogP contribution >= 0.6 is 0 Å². The van der Waals surface area contributed by atoms with Crippen LogP contribution in [0.3, 0.4) is 0 Å². The molecule has 166 valence electrons. The molecule has 0 radical (unpaired) electrons. The van der Waals surface area contributed by atoms with Gasteiger partial charge in [-0.05, 0) is 39.8 Å². The highest BCUT2D eigenvalue weighted by Gasteiger charge is 2.61. The Hall–Kier alpha value is -3.16. The van der Waals surface area contributed by atoms with Gasteiger partial charge in [0, 0.05) is 31.5 Å². The lowest BCUT2D eigenvalue weighted by Gasteiger charge is -2.48. The molecule has 0 N–H and O–H groups in total. The summed E-state index contributed by atoms with van der Waals surface area (Å²) < 4.78 is 5.47. The summed E-state index contributed by atoms with van der Waals surface area (Å²) >= 11 is 0. The van der Waals surface area contributed by atoms with E-state index in [-0.39, 0.29) is 49.2 Å². The van der Waals surface area contributed by atoms with Crippen molar-refractivity contribution in [1.29, 1.82) is 0 Å². The second-order valence-corrected chi connectivity index (χ2v) is 8.33. The molecule has 31 heavy (non-hydrogen) atoms. The van der Waals surface area contributed by atoms with Crippen LogP contribution in [-0.4, -0.2) is 64.4 Å². The molecule has 1 aromatic carbocycles. The predicted octanol–water partition coefficient (Wildman–Crippen LogP) is 2.34. The van der Waals surface area contributed by atoms with Gasteiger partial charge in [-0.15, -0.1) is 6.58 Å². The van der Waals surface area contributed by atoms with Crippen molar-refractivity contribution in [3.8, 4) is 0 Å². The number of anilines is 1. The molecule has 8 heteroatoms. The minimum atomic E-state index is -1.63. The fraction of sp³-hybridized carbons (Fsp3) is 0.478. The van der Waals surface area contributed by atoms with Crippen LogP contribution in [0.2, 0.25) is 0 Å². The lowest BCUT2D eigenvalue weighted by Crippen LogP contribution is -2.68. The first-order valence-corrected chi connectivity index (χ1v) is 10.5. The molecule has 3 amide bonds. The van der Waals surface area contributed by atoms with E-state index in [0.717, 1.165) is 0 Å². The van der Waals surface area contributed by atoms with E-state index in [1.54, 1.807) is 29.2 Å². The zero-order valence-electron chi connectivity index (χ0n) is 18.5. The molecular weight excluding hydrogens is 398 g/mol. The first-order valence-electron chi connectivity index (χ1n) is 10.5. The van der Waals surface area contributed by atoms with Crippen LogP contribution in [0.15, 0.2) is 36.9 Å². The van der Waals surface area contributed by atoms with Crippen LogP contribution in [0.1, 0.15) is 50.9 Å². The molecule has 0 spiro atoms. The largest absolute Gasteiger partial charge is 0.452 e. The molecule has 8 nitrogen and oxygen atoms in total. The SMILES string of the molecule is C=CCN1C(=O)c2ccccc2N2C(=O)CC[C@@]12C(=O)OCC(=O)N(C(C)C)C(C)C. The van der Waals surface area contributed by atoms with E-state index in [4.69, 9.17) is 4.74 Å². The Balaban J connectivity index is 1.97. The molecule has 0 saturated carbocycles. The Labute approximate surface area is 182 Å². The zero-order valence-corrected chi connectivity index (χ0v) is 18.5. The molecule has 0 aliphatic carbocycles. The number of carbonyl (C=O) groups is 4. The van der Waals surface area contributed by atoms with Crippen molar-refractivity contribution in [3.05, 3.63) is 42.5 Å². The number of para-hydroxylation sites is 1. The fourth-order valence-electron chi connectivity index (χ4n) is 4.62. The Morgan fingerprint density at radius 3 is 2.45 bits per heavy atom. The first-order chi connectivity index (χ1) is 14.7. The highest BCUT2D eigenvalue weighted by atomic mass is 16.5. The molecule has 2 aliphatic heterocycles. The summed E-state index contributed by atoms with van der Waals surface area (Å²) in [6.45, 7) is 10.8. The maximum atomic E-state index is 13.4. The Kier molecular flexibility index (Phi) is 6.20. The number of fused-ring (bicyclic) bond motifs is 3. The summed E-state index contributed by atoms with van der Waals surface area (Å²) in [5.41, 5.74) is -0.910. The van der Waals surface area contributed by atoms with Gasteiger partial charge < -0.3 is 14.5 Å². The Bertz CT molecular complexity index is 918. The zero-order chi connectivity index (χ0) is 22.9. The van der Waals surface area contributed by atoms with Gasteiger partial charge in [0.25, 0.3) is 11.8 Å². The highest BCUT2D eigenvalue weighted by molar-refractivity contribution is 6.15. The van der Waals surface area contributed by atoms with Gasteiger partial charge in [-0.1, -0.05) is 18.2 Å². The molecule has 0 unspecified atom stereocenters. The van der Waals surface area contributed by atoms with Gasteiger partial charge in [-0.25, -0.2) is 4.79 Å². The standard InChI is InChI=1S/C23H29N3O5/c1-6-13-24-21(29)17-9-7-8-10-18(17)26-19(27)11-12-23(24,26)22(30)31-14-20(28)25(15(2)3)16(4)5/h6-10,15-16H,1,11-14H2,2-5H3/t23-/m1/s1. The number of amides is 3. The average Bonchev–Trinajstić information content (AvgIpc) is 3.07. The van der Waals surface area contributed by atoms with Crippen LogP contribution in [-0.2, 0) is 19.1 Å². The molecule has 3 rings (SSSR count). The lowest BCUT2D eigenvalue weighted by molar-refractivity contribution is -0.162. The van der Waals surface area contributed by atoms with E-state index in [1.807, 2.05) is 27.7 Å². The van der Waals surface area contributed by atoms with Crippen molar-refractivity contribution in [2.75, 3.05) is 18.1 Å². The molecule has 0 bridgehead atoms. The van der Waals surface area contributed by atoms with Crippen LogP contribution in [0, 0.1) is 0 Å². The van der Waals surface area contributed by atoms with Gasteiger partial charge in [-0.2, -0.15) is 0 Å². The van der Waals surface area contributed by atoms with Gasteiger partial charge in [0.05, 0.1) is 11.3 Å². The molecular formula is C23H29N3O5. The summed E-state index contributed by atoms with van der Waals surface area (Å²) in [6.07, 6.45) is 1.68. The summed E-state index contributed by atoms with van der Waals surface area (Å²) in [5, 5.41) is 0. The van der Waals surface area contributed by atoms with Gasteiger partial charge in [0.15, 0.2) is 6.61 Å². The summed E-state index contributed by atoms with van der Waals surface area (Å²) in [7, 11) is 0. The summed E-state index contributed by atoms with van der Waals surface area (Å²) in [4.78, 5) is 56.5. The van der Waals surface area contributed by atoms with Gasteiger partial charge >= 0.3 is 5.97 Å². The summed E-state index contributed by atoms with van der Waals surface area (Å²) in [5.74, 6) is -1.77. The number of benzene rings is 1. The number of ether oxygens (including phenoxy) is 1. The topological polar surface area (TPSA) is 87.2 Å². The molecule has 1 atom stereocenters. The normalized spacial score (nSPS) is 20.1. The average molecular weight is 428 g/mol. The van der Waals surface area contributed by atoms with Crippen LogP contribution in [0.5, 0.6) is 0 Å². The second-order valence-electron chi connectivity index (χ2n) is 8.33. The molecule has 2 aliphatic rings. The molecule has 1 fully saturated rings. The fourth-order valence-corrected chi connectivity index (χ4v) is 4.62. The third-order valence-electron chi connectivity index (χ3n) is 5.74. The quantitative estimate of drug-likeness (QED) is 0.492. The Morgan fingerprint density at radius 1 is 1.19 bits per heavy atom. The van der Waals surface area contributed by atoms with Gasteiger partial charge in [0.2, 0.25) is 11.6 Å². The minimum Gasteiger partial charge on any atom is -0.452 e. The van der Waals surface area contributed by atoms with Crippen molar-refractivity contribution in [2.24, 2.45) is 0 Å². The van der Waals surface area contributed by atoms with Crippen molar-refractivity contribution >= 4 is 29.4 Å². The van der Waals surface area contributed by atoms with Crippen molar-refractivity contribution in [3.63, 3.8) is 0 Å². The van der Waals surface area contributed by atoms with Crippen LogP contribution in [0.4, 0.5) is 5.69 Å². The van der Waals surface area contributed by atoms with E-state index in [0.29, 0.717) is 11.3 Å². The van der Waals surface area contributed by atoms with Gasteiger partial charge in [0.1, 0.15) is 0 Å². The van der Waals surface area contributed by atoms with E-state index >= 15 is 0 Å². The molecule has 0 aromatic heterocycles. The monoisotopic (exact) mass is 427 g/mol. The molecule has 2 heterocycles. The highest BCUT2D eigenvalue weighted by Crippen LogP contribution is 2.45. The van der Waals surface area contributed by atoms with Crippen LogP contribution in [0.25, 0.3) is 0 Å².